The summed E-state index contributed by atoms with van der Waals surface area (Å²) in [6.45, 7) is 1.63. The minimum Gasteiger partial charge on any atom is -0.441 e. The van der Waals surface area contributed by atoms with Crippen LogP contribution in [0.5, 0.6) is 0 Å². The molecule has 0 radical (unpaired) electrons. The Kier molecular flexibility index (Phi) is 5.77. The van der Waals surface area contributed by atoms with E-state index in [1.54, 1.807) is 6.20 Å². The fourth-order valence-electron chi connectivity index (χ4n) is 3.77. The molecule has 0 N–H and O–H groups in total. The lowest BCUT2D eigenvalue weighted by Crippen LogP contribution is -2.38. The zero-order chi connectivity index (χ0) is 19.3. The van der Waals surface area contributed by atoms with Gasteiger partial charge in [0.15, 0.2) is 11.7 Å². The normalized spacial score (nSPS) is 15.0. The average Bonchev–Trinajstić information content (AvgIpc) is 3.22. The molecule has 0 atom stereocenters. The average molecular weight is 395 g/mol. The Labute approximate surface area is 170 Å². The molecule has 0 saturated carbocycles. The number of aryl methyl sites for hydroxylation is 1. The predicted molar refractivity (Wildman–Crippen MR) is 110 cm³/mol. The van der Waals surface area contributed by atoms with Gasteiger partial charge >= 0.3 is 0 Å². The van der Waals surface area contributed by atoms with Gasteiger partial charge in [0.1, 0.15) is 0 Å². The highest BCUT2D eigenvalue weighted by atomic mass is 35.5. The molecule has 1 fully saturated rings. The molecule has 1 aromatic heterocycles. The molecule has 2 heterocycles. The number of benzene rings is 2. The maximum Gasteiger partial charge on any atom is 0.223 e. The molecule has 1 amide bonds. The molecule has 4 rings (SSSR count). The van der Waals surface area contributed by atoms with Crippen LogP contribution in [0.1, 0.15) is 36.6 Å². The number of halogens is 1. The Morgan fingerprint density at radius 1 is 1.07 bits per heavy atom. The van der Waals surface area contributed by atoms with Crippen LogP contribution in [0, 0.1) is 0 Å². The first-order valence-electron chi connectivity index (χ1n) is 9.73. The van der Waals surface area contributed by atoms with Crippen molar-refractivity contribution in [3.05, 3.63) is 77.3 Å². The number of rotatable bonds is 5. The van der Waals surface area contributed by atoms with Crippen molar-refractivity contribution < 1.29 is 9.21 Å². The topological polar surface area (TPSA) is 46.3 Å². The van der Waals surface area contributed by atoms with Crippen LogP contribution in [0.15, 0.2) is 65.2 Å². The lowest BCUT2D eigenvalue weighted by Gasteiger charge is -2.32. The van der Waals surface area contributed by atoms with E-state index in [0.717, 1.165) is 31.5 Å². The van der Waals surface area contributed by atoms with Crippen molar-refractivity contribution in [2.75, 3.05) is 13.1 Å². The monoisotopic (exact) mass is 394 g/mol. The quantitative estimate of drug-likeness (QED) is 0.587. The predicted octanol–water partition coefficient (Wildman–Crippen LogP) is 5.33. The van der Waals surface area contributed by atoms with Crippen LogP contribution >= 0.6 is 11.6 Å². The largest absolute Gasteiger partial charge is 0.441 e. The molecule has 144 valence electrons. The highest BCUT2D eigenvalue weighted by Gasteiger charge is 2.23. The van der Waals surface area contributed by atoms with Gasteiger partial charge < -0.3 is 9.32 Å². The van der Waals surface area contributed by atoms with Gasteiger partial charge in [0.2, 0.25) is 5.91 Å². The van der Waals surface area contributed by atoms with Gasteiger partial charge in [0.05, 0.1) is 11.2 Å². The number of aromatic nitrogens is 1. The van der Waals surface area contributed by atoms with Crippen LogP contribution in [0.3, 0.4) is 0 Å². The number of nitrogens with zero attached hydrogens (tertiary/aromatic N) is 2. The van der Waals surface area contributed by atoms with Crippen LogP contribution in [-0.2, 0) is 11.2 Å². The number of carbonyl (C=O) groups excluding carboxylic acids is 1. The first-order valence-corrected chi connectivity index (χ1v) is 10.1. The van der Waals surface area contributed by atoms with Gasteiger partial charge in [-0.25, -0.2) is 4.98 Å². The van der Waals surface area contributed by atoms with Crippen LogP contribution in [0.25, 0.3) is 11.3 Å². The fraction of sp³-hybridized carbons (Fsp3) is 0.304. The van der Waals surface area contributed by atoms with Gasteiger partial charge in [0.25, 0.3) is 0 Å². The van der Waals surface area contributed by atoms with E-state index in [2.05, 4.69) is 29.2 Å². The van der Waals surface area contributed by atoms with E-state index < -0.39 is 0 Å². The van der Waals surface area contributed by atoms with Crippen LogP contribution in [-0.4, -0.2) is 28.9 Å². The Bertz CT molecular complexity index is 931. The van der Waals surface area contributed by atoms with E-state index in [4.69, 9.17) is 16.0 Å². The summed E-state index contributed by atoms with van der Waals surface area (Å²) < 4.78 is 5.80. The van der Waals surface area contributed by atoms with Gasteiger partial charge in [-0.05, 0) is 36.5 Å². The zero-order valence-electron chi connectivity index (χ0n) is 15.7. The SMILES string of the molecule is O=C(CCc1ncc(-c2ccccc2Cl)o1)N1CCC(c2ccccc2)CC1. The number of oxazole rings is 1. The van der Waals surface area contributed by atoms with Crippen molar-refractivity contribution in [3.8, 4) is 11.3 Å². The molecule has 0 aliphatic carbocycles. The van der Waals surface area contributed by atoms with Crippen LogP contribution in [0.4, 0.5) is 0 Å². The summed E-state index contributed by atoms with van der Waals surface area (Å²) in [6.07, 6.45) is 4.63. The second-order valence-electron chi connectivity index (χ2n) is 7.16. The van der Waals surface area contributed by atoms with Gasteiger partial charge in [-0.3, -0.25) is 4.79 Å². The molecule has 1 aliphatic rings. The van der Waals surface area contributed by atoms with E-state index in [-0.39, 0.29) is 5.91 Å². The van der Waals surface area contributed by atoms with Crippen molar-refractivity contribution in [1.82, 2.24) is 9.88 Å². The maximum absolute atomic E-state index is 12.6. The van der Waals surface area contributed by atoms with E-state index in [1.165, 1.54) is 5.56 Å². The third kappa shape index (κ3) is 4.28. The summed E-state index contributed by atoms with van der Waals surface area (Å²) in [7, 11) is 0. The third-order valence-electron chi connectivity index (χ3n) is 5.36. The lowest BCUT2D eigenvalue weighted by atomic mass is 9.89. The van der Waals surface area contributed by atoms with Crippen LogP contribution < -0.4 is 0 Å². The lowest BCUT2D eigenvalue weighted by molar-refractivity contribution is -0.132. The Hall–Kier alpha value is -2.59. The molecule has 28 heavy (non-hydrogen) atoms. The standard InChI is InChI=1S/C23H23ClN2O2/c24-20-9-5-4-8-19(20)21-16-25-22(28-21)10-11-23(27)26-14-12-18(13-15-26)17-6-2-1-3-7-17/h1-9,16,18H,10-15H2. The van der Waals surface area contributed by atoms with Crippen molar-refractivity contribution in [2.24, 2.45) is 0 Å². The number of piperidine rings is 1. The molecule has 3 aromatic rings. The molecule has 1 saturated heterocycles. The molecular formula is C23H23ClN2O2. The van der Waals surface area contributed by atoms with Crippen molar-refractivity contribution >= 4 is 17.5 Å². The summed E-state index contributed by atoms with van der Waals surface area (Å²) >= 11 is 6.20. The van der Waals surface area contributed by atoms with Gasteiger partial charge in [0, 0.05) is 31.5 Å². The van der Waals surface area contributed by atoms with Gasteiger partial charge in [-0.2, -0.15) is 0 Å². The molecule has 0 unspecified atom stereocenters. The van der Waals surface area contributed by atoms with E-state index in [1.807, 2.05) is 35.2 Å². The minimum absolute atomic E-state index is 0.170. The van der Waals surface area contributed by atoms with E-state index in [9.17, 15) is 4.79 Å². The van der Waals surface area contributed by atoms with Gasteiger partial charge in [-0.15, -0.1) is 0 Å². The summed E-state index contributed by atoms with van der Waals surface area (Å²) in [5.41, 5.74) is 2.19. The fourth-order valence-corrected chi connectivity index (χ4v) is 4.00. The van der Waals surface area contributed by atoms with Gasteiger partial charge in [-0.1, -0.05) is 54.1 Å². The summed E-state index contributed by atoms with van der Waals surface area (Å²) in [5.74, 6) is 1.93. The minimum atomic E-state index is 0.170. The number of hydrogen-bond donors (Lipinski definition) is 0. The molecule has 1 aliphatic heterocycles. The molecule has 0 spiro atoms. The highest BCUT2D eigenvalue weighted by molar-refractivity contribution is 6.33. The van der Waals surface area contributed by atoms with Crippen LogP contribution in [0.2, 0.25) is 5.02 Å². The summed E-state index contributed by atoms with van der Waals surface area (Å²) in [5, 5.41) is 0.627. The highest BCUT2D eigenvalue weighted by Crippen LogP contribution is 2.29. The van der Waals surface area contributed by atoms with E-state index >= 15 is 0 Å². The number of hydrogen-bond acceptors (Lipinski definition) is 3. The molecule has 0 bridgehead atoms. The summed E-state index contributed by atoms with van der Waals surface area (Å²) in [4.78, 5) is 18.9. The molecular weight excluding hydrogens is 372 g/mol. The van der Waals surface area contributed by atoms with Crippen molar-refractivity contribution in [2.45, 2.75) is 31.6 Å². The Morgan fingerprint density at radius 2 is 1.79 bits per heavy atom. The number of amides is 1. The zero-order valence-corrected chi connectivity index (χ0v) is 16.4. The van der Waals surface area contributed by atoms with Crippen molar-refractivity contribution in [3.63, 3.8) is 0 Å². The maximum atomic E-state index is 12.6. The number of carbonyl (C=O) groups is 1. The molecule has 5 heteroatoms. The third-order valence-corrected chi connectivity index (χ3v) is 5.69. The Balaban J connectivity index is 1.29. The first-order chi connectivity index (χ1) is 13.7. The van der Waals surface area contributed by atoms with E-state index in [0.29, 0.717) is 35.4 Å². The Morgan fingerprint density at radius 3 is 2.54 bits per heavy atom. The second kappa shape index (κ2) is 8.61. The summed E-state index contributed by atoms with van der Waals surface area (Å²) in [6, 6.07) is 18.1. The first kappa shape index (κ1) is 18.8. The molecule has 4 nitrogen and oxygen atoms in total. The van der Waals surface area contributed by atoms with Crippen molar-refractivity contribution in [1.29, 1.82) is 0 Å². The smallest absolute Gasteiger partial charge is 0.223 e. The number of likely N-dealkylation sites (tertiary alicyclic amines) is 1. The second-order valence-corrected chi connectivity index (χ2v) is 7.57. The molecule has 2 aromatic carbocycles.